The van der Waals surface area contributed by atoms with Crippen molar-refractivity contribution in [1.82, 2.24) is 9.97 Å². The van der Waals surface area contributed by atoms with Gasteiger partial charge in [0.05, 0.1) is 6.20 Å². The Morgan fingerprint density at radius 3 is 3.18 bits per heavy atom. The lowest BCUT2D eigenvalue weighted by atomic mass is 10.1. The minimum atomic E-state index is 0.117. The molecule has 2 aliphatic rings. The summed E-state index contributed by atoms with van der Waals surface area (Å²) >= 11 is 5.85. The summed E-state index contributed by atoms with van der Waals surface area (Å²) in [6.07, 6.45) is 4.32. The Morgan fingerprint density at radius 1 is 1.53 bits per heavy atom. The van der Waals surface area contributed by atoms with Crippen LogP contribution in [0.3, 0.4) is 0 Å². The third kappa shape index (κ3) is 1.65. The molecule has 3 rings (SSSR count). The summed E-state index contributed by atoms with van der Waals surface area (Å²) in [6, 6.07) is 0.261. The number of anilines is 2. The fraction of sp³-hybridized carbons (Fsp3) is 0.545. The third-order valence-electron chi connectivity index (χ3n) is 3.52. The molecule has 1 fully saturated rings. The first-order valence-corrected chi connectivity index (χ1v) is 6.10. The zero-order chi connectivity index (χ0) is 12.0. The van der Waals surface area contributed by atoms with Crippen molar-refractivity contribution >= 4 is 29.0 Å². The van der Waals surface area contributed by atoms with Crippen molar-refractivity contribution in [1.29, 1.82) is 0 Å². The fourth-order valence-corrected chi connectivity index (χ4v) is 2.72. The smallest absolute Gasteiger partial charge is 0.228 e. The van der Waals surface area contributed by atoms with Crippen molar-refractivity contribution in [3.63, 3.8) is 0 Å². The van der Waals surface area contributed by atoms with Crippen LogP contribution in [0.1, 0.15) is 19.3 Å². The van der Waals surface area contributed by atoms with Gasteiger partial charge >= 0.3 is 0 Å². The van der Waals surface area contributed by atoms with E-state index < -0.39 is 0 Å². The summed E-state index contributed by atoms with van der Waals surface area (Å²) in [5.74, 6) is 0.910. The highest BCUT2D eigenvalue weighted by atomic mass is 35.5. The first-order valence-electron chi connectivity index (χ1n) is 5.72. The van der Waals surface area contributed by atoms with Crippen LogP contribution in [0.5, 0.6) is 0 Å². The lowest BCUT2D eigenvalue weighted by Gasteiger charge is -2.23. The van der Waals surface area contributed by atoms with Crippen LogP contribution in [0.4, 0.5) is 11.5 Å². The highest BCUT2D eigenvalue weighted by Gasteiger charge is 2.35. The van der Waals surface area contributed by atoms with E-state index in [-0.39, 0.29) is 17.2 Å². The van der Waals surface area contributed by atoms with Gasteiger partial charge in [-0.15, -0.1) is 0 Å². The van der Waals surface area contributed by atoms with Crippen LogP contribution in [0, 0.1) is 0 Å². The monoisotopic (exact) mass is 252 g/mol. The van der Waals surface area contributed by atoms with E-state index in [0.717, 1.165) is 30.9 Å². The number of amides is 1. The summed E-state index contributed by atoms with van der Waals surface area (Å²) < 4.78 is 0. The highest BCUT2D eigenvalue weighted by Crippen LogP contribution is 2.36. The number of halogens is 1. The van der Waals surface area contributed by atoms with Crippen molar-refractivity contribution in [3.05, 3.63) is 11.5 Å². The Hall–Kier alpha value is -1.36. The first-order chi connectivity index (χ1) is 8.16. The van der Waals surface area contributed by atoms with Crippen molar-refractivity contribution in [2.45, 2.75) is 25.3 Å². The van der Waals surface area contributed by atoms with Gasteiger partial charge in [0, 0.05) is 26.1 Å². The van der Waals surface area contributed by atoms with Crippen molar-refractivity contribution in [3.8, 4) is 0 Å². The molecular formula is C11H13ClN4O. The maximum Gasteiger partial charge on any atom is 0.228 e. The molecule has 5 nitrogen and oxygen atoms in total. The molecule has 6 heteroatoms. The minimum absolute atomic E-state index is 0.117. The van der Waals surface area contributed by atoms with Crippen LogP contribution in [0.2, 0.25) is 5.28 Å². The van der Waals surface area contributed by atoms with E-state index in [1.165, 1.54) is 0 Å². The molecule has 1 amide bonds. The summed E-state index contributed by atoms with van der Waals surface area (Å²) in [5, 5.41) is 0.233. The average molecular weight is 253 g/mol. The molecule has 0 saturated carbocycles. The molecule has 3 heterocycles. The second-order valence-corrected chi connectivity index (χ2v) is 4.83. The molecule has 90 valence electrons. The van der Waals surface area contributed by atoms with Crippen LogP contribution in [-0.4, -0.2) is 35.5 Å². The third-order valence-corrected chi connectivity index (χ3v) is 3.70. The second-order valence-electron chi connectivity index (χ2n) is 4.49. The van der Waals surface area contributed by atoms with Gasteiger partial charge in [-0.3, -0.25) is 4.79 Å². The van der Waals surface area contributed by atoms with Gasteiger partial charge in [-0.2, -0.15) is 4.98 Å². The lowest BCUT2D eigenvalue weighted by Crippen LogP contribution is -2.31. The zero-order valence-electron chi connectivity index (χ0n) is 9.56. The van der Waals surface area contributed by atoms with E-state index >= 15 is 0 Å². The molecule has 2 aliphatic heterocycles. The number of hydrogen-bond donors (Lipinski definition) is 0. The predicted molar refractivity (Wildman–Crippen MR) is 65.4 cm³/mol. The molecule has 0 spiro atoms. The van der Waals surface area contributed by atoms with E-state index in [2.05, 4.69) is 14.9 Å². The first kappa shape index (κ1) is 10.8. The average Bonchev–Trinajstić information content (AvgIpc) is 2.72. The normalized spacial score (nSPS) is 23.4. The van der Waals surface area contributed by atoms with Gasteiger partial charge in [0.25, 0.3) is 0 Å². The maximum atomic E-state index is 12.0. The Kier molecular flexibility index (Phi) is 2.43. The lowest BCUT2D eigenvalue weighted by molar-refractivity contribution is -0.118. The number of aromatic nitrogens is 2. The topological polar surface area (TPSA) is 49.3 Å². The van der Waals surface area contributed by atoms with Crippen LogP contribution in [0.15, 0.2) is 6.20 Å². The van der Waals surface area contributed by atoms with Crippen molar-refractivity contribution in [2.24, 2.45) is 0 Å². The van der Waals surface area contributed by atoms with Crippen molar-refractivity contribution in [2.75, 3.05) is 23.4 Å². The fourth-order valence-electron chi connectivity index (χ4n) is 2.59. The molecule has 17 heavy (non-hydrogen) atoms. The van der Waals surface area contributed by atoms with E-state index in [4.69, 9.17) is 11.6 Å². The second kappa shape index (κ2) is 3.84. The number of nitrogens with zero attached hydrogens (tertiary/aromatic N) is 4. The largest absolute Gasteiger partial charge is 0.351 e. The molecular weight excluding hydrogens is 240 g/mol. The molecule has 0 N–H and O–H groups in total. The molecule has 1 atom stereocenters. The van der Waals surface area contributed by atoms with E-state index in [0.29, 0.717) is 6.42 Å². The number of carbonyl (C=O) groups is 1. The summed E-state index contributed by atoms with van der Waals surface area (Å²) in [4.78, 5) is 24.1. The number of fused-ring (bicyclic) bond motifs is 3. The van der Waals surface area contributed by atoms with Gasteiger partial charge in [0.2, 0.25) is 11.2 Å². The van der Waals surface area contributed by atoms with Gasteiger partial charge in [-0.25, -0.2) is 4.98 Å². The molecule has 1 saturated heterocycles. The van der Waals surface area contributed by atoms with Gasteiger partial charge in [0.1, 0.15) is 5.69 Å². The van der Waals surface area contributed by atoms with Gasteiger partial charge in [0.15, 0.2) is 5.82 Å². The van der Waals surface area contributed by atoms with Gasteiger partial charge in [-0.1, -0.05) is 0 Å². The SMILES string of the molecule is CN1C(=O)CC2CCCN2c2nc(Cl)ncc21. The van der Waals surface area contributed by atoms with Gasteiger partial charge < -0.3 is 9.80 Å². The van der Waals surface area contributed by atoms with E-state index in [1.54, 1.807) is 18.1 Å². The van der Waals surface area contributed by atoms with E-state index in [9.17, 15) is 4.79 Å². The molecule has 1 aromatic rings. The van der Waals surface area contributed by atoms with Crippen LogP contribution in [0.25, 0.3) is 0 Å². The predicted octanol–water partition coefficient (Wildman–Crippen LogP) is 1.47. The Morgan fingerprint density at radius 2 is 2.35 bits per heavy atom. The summed E-state index contributed by atoms with van der Waals surface area (Å²) in [7, 11) is 1.76. The minimum Gasteiger partial charge on any atom is -0.351 e. The molecule has 0 radical (unpaired) electrons. The van der Waals surface area contributed by atoms with E-state index in [1.807, 2.05) is 0 Å². The molecule has 1 unspecified atom stereocenters. The van der Waals surface area contributed by atoms with Crippen LogP contribution in [-0.2, 0) is 4.79 Å². The summed E-state index contributed by atoms with van der Waals surface area (Å²) in [5.41, 5.74) is 0.754. The quantitative estimate of drug-likeness (QED) is 0.656. The van der Waals surface area contributed by atoms with Crippen LogP contribution < -0.4 is 9.80 Å². The van der Waals surface area contributed by atoms with Crippen LogP contribution >= 0.6 is 11.6 Å². The molecule has 0 bridgehead atoms. The number of hydrogen-bond acceptors (Lipinski definition) is 4. The zero-order valence-corrected chi connectivity index (χ0v) is 10.3. The summed E-state index contributed by atoms with van der Waals surface area (Å²) in [6.45, 7) is 0.937. The molecule has 1 aromatic heterocycles. The maximum absolute atomic E-state index is 12.0. The Bertz CT molecular complexity index is 479. The number of carbonyl (C=O) groups excluding carboxylic acids is 1. The standard InChI is InChI=1S/C11H13ClN4O/c1-15-8-6-13-11(12)14-10(8)16-4-2-3-7(16)5-9(15)17/h6-7H,2-5H2,1H3. The molecule has 0 aromatic carbocycles. The Balaban J connectivity index is 2.15. The number of rotatable bonds is 0. The highest BCUT2D eigenvalue weighted by molar-refractivity contribution is 6.28. The Labute approximate surface area is 104 Å². The van der Waals surface area contributed by atoms with Gasteiger partial charge in [-0.05, 0) is 24.4 Å². The van der Waals surface area contributed by atoms with Crippen molar-refractivity contribution < 1.29 is 4.79 Å². The molecule has 0 aliphatic carbocycles.